The van der Waals surface area contributed by atoms with Crippen molar-refractivity contribution < 1.29 is 0 Å². The van der Waals surface area contributed by atoms with E-state index in [4.69, 9.17) is 16.6 Å². The molecule has 4 heteroatoms. The topological polar surface area (TPSA) is 36.7 Å². The summed E-state index contributed by atoms with van der Waals surface area (Å²) in [6, 6.07) is 20.3. The van der Waals surface area contributed by atoms with Crippen LogP contribution in [-0.4, -0.2) is 4.98 Å². The number of thiophene rings is 1. The number of nitrogens with zero attached hydrogens (tertiary/aromatic N) is 2. The van der Waals surface area contributed by atoms with Gasteiger partial charge in [-0.1, -0.05) is 54.1 Å². The Morgan fingerprint density at radius 1 is 0.929 bits per heavy atom. The van der Waals surface area contributed by atoms with Gasteiger partial charge in [0.1, 0.15) is 10.9 Å². The van der Waals surface area contributed by atoms with Crippen molar-refractivity contribution in [3.8, 4) is 28.5 Å². The van der Waals surface area contributed by atoms with Gasteiger partial charge in [-0.15, -0.1) is 11.3 Å². The quantitative estimate of drug-likeness (QED) is 0.362. The van der Waals surface area contributed by atoms with Crippen LogP contribution in [0.5, 0.6) is 0 Å². The van der Waals surface area contributed by atoms with E-state index in [2.05, 4.69) is 18.2 Å². The van der Waals surface area contributed by atoms with Gasteiger partial charge in [0, 0.05) is 26.4 Å². The van der Waals surface area contributed by atoms with Gasteiger partial charge >= 0.3 is 0 Å². The van der Waals surface area contributed by atoms with Crippen LogP contribution in [0.25, 0.3) is 32.6 Å². The Morgan fingerprint density at radius 3 is 2.43 bits per heavy atom. The molecule has 0 radical (unpaired) electrons. The van der Waals surface area contributed by atoms with Crippen LogP contribution in [0.15, 0.2) is 54.6 Å². The predicted molar refractivity (Wildman–Crippen MR) is 117 cm³/mol. The zero-order valence-electron chi connectivity index (χ0n) is 15.2. The minimum absolute atomic E-state index is 0.646. The molecule has 136 valence electrons. The smallest absolute Gasteiger partial charge is 0.125 e. The van der Waals surface area contributed by atoms with Crippen molar-refractivity contribution in [1.82, 2.24) is 4.98 Å². The Morgan fingerprint density at radius 2 is 1.68 bits per heavy atom. The molecule has 0 aliphatic heterocycles. The van der Waals surface area contributed by atoms with E-state index in [1.807, 2.05) is 42.5 Å². The van der Waals surface area contributed by atoms with Gasteiger partial charge in [-0.05, 0) is 48.9 Å². The van der Waals surface area contributed by atoms with Crippen LogP contribution in [-0.2, 0) is 12.8 Å². The number of rotatable bonds is 2. The van der Waals surface area contributed by atoms with Crippen molar-refractivity contribution in [2.24, 2.45) is 0 Å². The summed E-state index contributed by atoms with van der Waals surface area (Å²) >= 11 is 7.87. The number of fused-ring (bicyclic) bond motifs is 3. The van der Waals surface area contributed by atoms with Gasteiger partial charge in [-0.25, -0.2) is 4.98 Å². The minimum Gasteiger partial charge on any atom is -0.235 e. The highest BCUT2D eigenvalue weighted by Gasteiger charge is 2.25. The standard InChI is InChI=1S/C24H17ClN2S/c25-17-12-10-16(11-13-17)23-19(14-26)21(15-6-2-1-3-7-15)22-18-8-4-5-9-20(18)28-24(22)27-23/h1-3,6-7,10-13H,4-5,8-9H2. The lowest BCUT2D eigenvalue weighted by Gasteiger charge is -2.15. The first-order valence-electron chi connectivity index (χ1n) is 9.46. The highest BCUT2D eigenvalue weighted by Crippen LogP contribution is 2.44. The number of pyridine rings is 1. The van der Waals surface area contributed by atoms with Crippen LogP contribution in [0.3, 0.4) is 0 Å². The first-order valence-corrected chi connectivity index (χ1v) is 10.7. The average molecular weight is 401 g/mol. The summed E-state index contributed by atoms with van der Waals surface area (Å²) < 4.78 is 0. The Labute approximate surface area is 173 Å². The van der Waals surface area contributed by atoms with Crippen LogP contribution < -0.4 is 0 Å². The monoisotopic (exact) mass is 400 g/mol. The maximum absolute atomic E-state index is 10.2. The van der Waals surface area contributed by atoms with Crippen molar-refractivity contribution in [1.29, 1.82) is 5.26 Å². The van der Waals surface area contributed by atoms with Crippen molar-refractivity contribution in [2.75, 3.05) is 0 Å². The lowest BCUT2D eigenvalue weighted by molar-refractivity contribution is 0.700. The number of aryl methyl sites for hydroxylation is 2. The van der Waals surface area contributed by atoms with Crippen molar-refractivity contribution >= 4 is 33.2 Å². The molecule has 5 rings (SSSR count). The van der Waals surface area contributed by atoms with E-state index >= 15 is 0 Å². The van der Waals surface area contributed by atoms with E-state index < -0.39 is 0 Å². The van der Waals surface area contributed by atoms with Gasteiger partial charge < -0.3 is 0 Å². The van der Waals surface area contributed by atoms with Crippen molar-refractivity contribution in [3.05, 3.63) is 75.6 Å². The largest absolute Gasteiger partial charge is 0.235 e. The Hall–Kier alpha value is -2.67. The Balaban J connectivity index is 1.90. The Kier molecular flexibility index (Phi) is 4.39. The SMILES string of the molecule is N#Cc1c(-c2ccc(Cl)cc2)nc2sc3c(c2c1-c1ccccc1)CCCC3. The molecule has 0 N–H and O–H groups in total. The molecule has 0 amide bonds. The molecular weight excluding hydrogens is 384 g/mol. The maximum atomic E-state index is 10.2. The molecule has 0 fully saturated rings. The fourth-order valence-corrected chi connectivity index (χ4v) is 5.51. The van der Waals surface area contributed by atoms with E-state index in [1.54, 1.807) is 11.3 Å². The van der Waals surface area contributed by atoms with Crippen LogP contribution in [0, 0.1) is 11.3 Å². The van der Waals surface area contributed by atoms with Gasteiger partial charge in [0.2, 0.25) is 0 Å². The molecule has 0 saturated carbocycles. The summed E-state index contributed by atoms with van der Waals surface area (Å²) in [5.41, 5.74) is 5.81. The second-order valence-corrected chi connectivity index (χ2v) is 8.61. The molecule has 1 aliphatic carbocycles. The van der Waals surface area contributed by atoms with Crippen molar-refractivity contribution in [2.45, 2.75) is 25.7 Å². The molecule has 2 nitrogen and oxygen atoms in total. The van der Waals surface area contributed by atoms with Crippen LogP contribution in [0.1, 0.15) is 28.8 Å². The highest BCUT2D eigenvalue weighted by molar-refractivity contribution is 7.19. The molecule has 2 heterocycles. The molecule has 4 aromatic rings. The molecule has 0 spiro atoms. The van der Waals surface area contributed by atoms with E-state index in [-0.39, 0.29) is 0 Å². The molecule has 28 heavy (non-hydrogen) atoms. The number of hydrogen-bond donors (Lipinski definition) is 0. The van der Waals surface area contributed by atoms with Crippen LogP contribution in [0.2, 0.25) is 5.02 Å². The molecule has 2 aromatic carbocycles. The summed E-state index contributed by atoms with van der Waals surface area (Å²) in [5.74, 6) is 0. The normalized spacial score (nSPS) is 13.3. The number of halogens is 1. The van der Waals surface area contributed by atoms with Crippen molar-refractivity contribution in [3.63, 3.8) is 0 Å². The van der Waals surface area contributed by atoms with Gasteiger partial charge in [0.05, 0.1) is 11.3 Å². The van der Waals surface area contributed by atoms with E-state index in [1.165, 1.54) is 28.7 Å². The lowest BCUT2D eigenvalue weighted by atomic mass is 9.89. The van der Waals surface area contributed by atoms with Gasteiger partial charge in [0.15, 0.2) is 0 Å². The third kappa shape index (κ3) is 2.81. The van der Waals surface area contributed by atoms with Crippen LogP contribution in [0.4, 0.5) is 0 Å². The fourth-order valence-electron chi connectivity index (χ4n) is 4.11. The Bertz CT molecular complexity index is 1220. The second-order valence-electron chi connectivity index (χ2n) is 7.09. The molecule has 0 atom stereocenters. The number of nitriles is 1. The number of benzene rings is 2. The maximum Gasteiger partial charge on any atom is 0.125 e. The number of aromatic nitrogens is 1. The first-order chi connectivity index (χ1) is 13.8. The van der Waals surface area contributed by atoms with Gasteiger partial charge in [-0.3, -0.25) is 0 Å². The van der Waals surface area contributed by atoms with E-state index in [0.717, 1.165) is 40.1 Å². The molecule has 0 saturated heterocycles. The predicted octanol–water partition coefficient (Wildman–Crippen LogP) is 7.03. The zero-order chi connectivity index (χ0) is 19.1. The summed E-state index contributed by atoms with van der Waals surface area (Å²) in [5, 5.41) is 12.0. The minimum atomic E-state index is 0.646. The summed E-state index contributed by atoms with van der Waals surface area (Å²) in [4.78, 5) is 7.46. The fraction of sp³-hybridized carbons (Fsp3) is 0.167. The zero-order valence-corrected chi connectivity index (χ0v) is 16.8. The lowest BCUT2D eigenvalue weighted by Crippen LogP contribution is -2.00. The molecule has 2 aromatic heterocycles. The molecule has 0 unspecified atom stereocenters. The van der Waals surface area contributed by atoms with E-state index in [9.17, 15) is 5.26 Å². The second kappa shape index (κ2) is 7.05. The van der Waals surface area contributed by atoms with Gasteiger partial charge in [-0.2, -0.15) is 5.26 Å². The third-order valence-electron chi connectivity index (χ3n) is 5.39. The highest BCUT2D eigenvalue weighted by atomic mass is 35.5. The van der Waals surface area contributed by atoms with Gasteiger partial charge in [0.25, 0.3) is 0 Å². The van der Waals surface area contributed by atoms with Crippen LogP contribution >= 0.6 is 22.9 Å². The number of hydrogen-bond acceptors (Lipinski definition) is 3. The summed E-state index contributed by atoms with van der Waals surface area (Å²) in [6.07, 6.45) is 4.62. The summed E-state index contributed by atoms with van der Waals surface area (Å²) in [6.45, 7) is 0. The molecular formula is C24H17ClN2S. The first kappa shape index (κ1) is 17.4. The third-order valence-corrected chi connectivity index (χ3v) is 6.83. The molecule has 1 aliphatic rings. The average Bonchev–Trinajstić information content (AvgIpc) is 3.12. The van der Waals surface area contributed by atoms with E-state index in [0.29, 0.717) is 10.6 Å². The summed E-state index contributed by atoms with van der Waals surface area (Å²) in [7, 11) is 0. The molecule has 0 bridgehead atoms.